The largest absolute Gasteiger partial charge is 0.340 e. The summed E-state index contributed by atoms with van der Waals surface area (Å²) in [5, 5.41) is 8.70. The van der Waals surface area contributed by atoms with Gasteiger partial charge in [-0.1, -0.05) is 0 Å². The molecular weight excluding hydrogens is 307 g/mol. The van der Waals surface area contributed by atoms with Crippen molar-refractivity contribution in [1.82, 2.24) is 14.9 Å². The minimum Gasteiger partial charge on any atom is -0.340 e. The Morgan fingerprint density at radius 1 is 1.36 bits per heavy atom. The number of fused-ring (bicyclic) bond motifs is 1. The van der Waals surface area contributed by atoms with Gasteiger partial charge in [-0.2, -0.15) is 5.26 Å². The highest BCUT2D eigenvalue weighted by Gasteiger charge is 2.28. The topological polar surface area (TPSA) is 69.9 Å². The molecule has 0 N–H and O–H groups in total. The summed E-state index contributed by atoms with van der Waals surface area (Å²) in [6, 6.07) is 5.97. The zero-order chi connectivity index (χ0) is 15.9. The lowest BCUT2D eigenvalue weighted by Gasteiger charge is -2.25. The van der Waals surface area contributed by atoms with Gasteiger partial charge in [0.25, 0.3) is 5.91 Å². The van der Waals surface area contributed by atoms with Crippen LogP contribution < -0.4 is 0 Å². The third kappa shape index (κ3) is 2.30. The summed E-state index contributed by atoms with van der Waals surface area (Å²) in [4.78, 5) is 21.8. The van der Waals surface area contributed by atoms with Gasteiger partial charge in [-0.15, -0.1) is 0 Å². The van der Waals surface area contributed by atoms with Crippen molar-refractivity contribution in [1.29, 1.82) is 5.26 Å². The van der Waals surface area contributed by atoms with E-state index in [4.69, 9.17) is 16.9 Å². The molecule has 1 aliphatic heterocycles. The molecule has 7 heteroatoms. The summed E-state index contributed by atoms with van der Waals surface area (Å²) in [5.74, 6) is -0.844. The van der Waals surface area contributed by atoms with Gasteiger partial charge in [0.05, 0.1) is 17.3 Å². The standard InChI is InChI=1S/C15H10ClFN4O/c1-21-5-4-10-12(19-15(16)20-13(10)14(21)22)9-3-2-8(7-18)6-11(9)17/h2-3,6H,4-5H2,1H3. The summed E-state index contributed by atoms with van der Waals surface area (Å²) in [6.45, 7) is 0.502. The first-order chi connectivity index (χ1) is 10.5. The number of amides is 1. The zero-order valence-electron chi connectivity index (χ0n) is 11.6. The molecule has 5 nitrogen and oxygen atoms in total. The molecule has 1 amide bonds. The Balaban J connectivity index is 2.23. The van der Waals surface area contributed by atoms with Gasteiger partial charge in [-0.25, -0.2) is 14.4 Å². The number of carbonyl (C=O) groups excluding carboxylic acids is 1. The van der Waals surface area contributed by atoms with Crippen molar-refractivity contribution in [2.45, 2.75) is 6.42 Å². The van der Waals surface area contributed by atoms with Crippen LogP contribution in [0.3, 0.4) is 0 Å². The van der Waals surface area contributed by atoms with Crippen LogP contribution in [0.5, 0.6) is 0 Å². The summed E-state index contributed by atoms with van der Waals surface area (Å²) < 4.78 is 14.2. The van der Waals surface area contributed by atoms with E-state index < -0.39 is 5.82 Å². The number of halogens is 2. The van der Waals surface area contributed by atoms with E-state index in [1.807, 2.05) is 6.07 Å². The smallest absolute Gasteiger partial charge is 0.272 e. The monoisotopic (exact) mass is 316 g/mol. The molecule has 1 aromatic heterocycles. The molecule has 0 saturated heterocycles. The molecule has 0 radical (unpaired) electrons. The van der Waals surface area contributed by atoms with Crippen LogP contribution in [-0.2, 0) is 6.42 Å². The predicted octanol–water partition coefficient (Wildman–Crippen LogP) is 2.44. The quantitative estimate of drug-likeness (QED) is 0.758. The van der Waals surface area contributed by atoms with Gasteiger partial charge in [0.2, 0.25) is 5.28 Å². The lowest BCUT2D eigenvalue weighted by atomic mass is 9.97. The van der Waals surface area contributed by atoms with Gasteiger partial charge < -0.3 is 4.90 Å². The van der Waals surface area contributed by atoms with Crippen LogP contribution in [0.25, 0.3) is 11.3 Å². The molecule has 2 heterocycles. The maximum absolute atomic E-state index is 14.2. The SMILES string of the molecule is CN1CCc2c(nc(Cl)nc2-c2ccc(C#N)cc2F)C1=O. The first kappa shape index (κ1) is 14.4. The third-order valence-electron chi connectivity index (χ3n) is 3.58. The van der Waals surface area contributed by atoms with E-state index in [9.17, 15) is 9.18 Å². The lowest BCUT2D eigenvalue weighted by Crippen LogP contribution is -2.35. The van der Waals surface area contributed by atoms with Crippen LogP contribution in [-0.4, -0.2) is 34.4 Å². The van der Waals surface area contributed by atoms with Crippen LogP contribution >= 0.6 is 11.6 Å². The van der Waals surface area contributed by atoms with Crippen LogP contribution in [0.2, 0.25) is 5.28 Å². The van der Waals surface area contributed by atoms with Crippen molar-refractivity contribution < 1.29 is 9.18 Å². The van der Waals surface area contributed by atoms with Gasteiger partial charge in [0, 0.05) is 24.7 Å². The van der Waals surface area contributed by atoms with E-state index in [0.717, 1.165) is 6.07 Å². The molecule has 0 aliphatic carbocycles. The second kappa shape index (κ2) is 5.35. The number of benzene rings is 1. The van der Waals surface area contributed by atoms with E-state index in [-0.39, 0.29) is 28.0 Å². The number of rotatable bonds is 1. The van der Waals surface area contributed by atoms with E-state index in [2.05, 4.69) is 9.97 Å². The molecule has 22 heavy (non-hydrogen) atoms. The molecule has 0 unspecified atom stereocenters. The minimum absolute atomic E-state index is 0.110. The van der Waals surface area contributed by atoms with Gasteiger partial charge in [0.1, 0.15) is 11.5 Å². The third-order valence-corrected chi connectivity index (χ3v) is 3.75. The van der Waals surface area contributed by atoms with Crippen LogP contribution in [0.15, 0.2) is 18.2 Å². The Morgan fingerprint density at radius 2 is 2.09 bits per heavy atom. The summed E-state index contributed by atoms with van der Waals surface area (Å²) in [5.41, 5.74) is 1.50. The number of hydrogen-bond donors (Lipinski definition) is 0. The Labute approximate surface area is 131 Å². The highest BCUT2D eigenvalue weighted by molar-refractivity contribution is 6.28. The minimum atomic E-state index is -0.581. The molecule has 0 bridgehead atoms. The first-order valence-corrected chi connectivity index (χ1v) is 6.91. The fraction of sp³-hybridized carbons (Fsp3) is 0.200. The van der Waals surface area contributed by atoms with Crippen molar-refractivity contribution in [3.05, 3.63) is 46.1 Å². The predicted molar refractivity (Wildman–Crippen MR) is 77.8 cm³/mol. The highest BCUT2D eigenvalue weighted by Crippen LogP contribution is 2.30. The summed E-state index contributed by atoms with van der Waals surface area (Å²) in [6.07, 6.45) is 0.517. The van der Waals surface area contributed by atoms with Crippen molar-refractivity contribution in [2.75, 3.05) is 13.6 Å². The maximum atomic E-state index is 14.2. The van der Waals surface area contributed by atoms with Gasteiger partial charge in [-0.3, -0.25) is 4.79 Å². The Morgan fingerprint density at radius 3 is 2.77 bits per heavy atom. The number of aromatic nitrogens is 2. The number of nitriles is 1. The maximum Gasteiger partial charge on any atom is 0.272 e. The summed E-state index contributed by atoms with van der Waals surface area (Å²) in [7, 11) is 1.67. The molecule has 2 aromatic rings. The molecule has 1 aliphatic rings. The molecule has 3 rings (SSSR count). The number of hydrogen-bond acceptors (Lipinski definition) is 4. The Bertz CT molecular complexity index is 831. The molecule has 0 saturated carbocycles. The highest BCUT2D eigenvalue weighted by atomic mass is 35.5. The Hall–Kier alpha value is -2.52. The van der Waals surface area contributed by atoms with E-state index in [1.165, 1.54) is 17.0 Å². The Kier molecular flexibility index (Phi) is 3.51. The first-order valence-electron chi connectivity index (χ1n) is 6.53. The second-order valence-corrected chi connectivity index (χ2v) is 5.29. The van der Waals surface area contributed by atoms with Gasteiger partial charge in [0.15, 0.2) is 0 Å². The van der Waals surface area contributed by atoms with Gasteiger partial charge in [-0.05, 0) is 36.2 Å². The molecule has 1 aromatic carbocycles. The summed E-state index contributed by atoms with van der Waals surface area (Å²) >= 11 is 5.89. The molecular formula is C15H10ClFN4O. The van der Waals surface area contributed by atoms with Crippen molar-refractivity contribution in [2.24, 2.45) is 0 Å². The second-order valence-electron chi connectivity index (χ2n) is 4.95. The van der Waals surface area contributed by atoms with Crippen LogP contribution in [0.1, 0.15) is 21.6 Å². The van der Waals surface area contributed by atoms with E-state index >= 15 is 0 Å². The number of carbonyl (C=O) groups is 1. The van der Waals surface area contributed by atoms with Crippen molar-refractivity contribution in [3.63, 3.8) is 0 Å². The van der Waals surface area contributed by atoms with Crippen molar-refractivity contribution in [3.8, 4) is 17.3 Å². The fourth-order valence-electron chi connectivity index (χ4n) is 2.43. The normalized spacial score (nSPS) is 13.7. The fourth-order valence-corrected chi connectivity index (χ4v) is 2.60. The lowest BCUT2D eigenvalue weighted by molar-refractivity contribution is 0.0774. The number of likely N-dealkylation sites (N-methyl/N-ethyl adjacent to an activating group) is 1. The van der Waals surface area contributed by atoms with E-state index in [1.54, 1.807) is 7.05 Å². The average molecular weight is 317 g/mol. The van der Waals surface area contributed by atoms with Crippen LogP contribution in [0, 0.1) is 17.1 Å². The molecule has 110 valence electrons. The van der Waals surface area contributed by atoms with Gasteiger partial charge >= 0.3 is 0 Å². The molecule has 0 spiro atoms. The zero-order valence-corrected chi connectivity index (χ0v) is 12.4. The van der Waals surface area contributed by atoms with E-state index in [0.29, 0.717) is 24.2 Å². The number of nitrogens with zero attached hydrogens (tertiary/aromatic N) is 4. The molecule has 0 atom stereocenters. The average Bonchev–Trinajstić information content (AvgIpc) is 2.50. The van der Waals surface area contributed by atoms with Crippen molar-refractivity contribution >= 4 is 17.5 Å². The van der Waals surface area contributed by atoms with Crippen LogP contribution in [0.4, 0.5) is 4.39 Å². The molecule has 0 fully saturated rings.